The number of Topliss-reactive ketones (excluding diaryl/α,β-unsaturated/α-hetero) is 1. The second-order valence-corrected chi connectivity index (χ2v) is 5.20. The smallest absolute Gasteiger partial charge is 0.293 e. The molecule has 0 atom stereocenters. The fourth-order valence-electron chi connectivity index (χ4n) is 2.49. The Bertz CT molecular complexity index is 732. The van der Waals surface area contributed by atoms with Gasteiger partial charge in [0.05, 0.1) is 5.56 Å². The molecule has 1 aromatic heterocycles. The molecule has 0 aliphatic rings. The molecule has 0 aliphatic carbocycles. The molecule has 6 heteroatoms. The van der Waals surface area contributed by atoms with Gasteiger partial charge < -0.3 is 9.47 Å². The summed E-state index contributed by atoms with van der Waals surface area (Å²) in [5.74, 6) is -0.797. The maximum absolute atomic E-state index is 12.3. The van der Waals surface area contributed by atoms with Crippen LogP contribution in [0.4, 0.5) is 0 Å². The number of hydrogen-bond donors (Lipinski definition) is 0. The first kappa shape index (κ1) is 16.2. The number of likely N-dealkylation sites (N-methyl/N-ethyl adjacent to an activating group) is 1. The summed E-state index contributed by atoms with van der Waals surface area (Å²) in [5.41, 5.74) is 0.951. The van der Waals surface area contributed by atoms with Gasteiger partial charge in [0.25, 0.3) is 5.24 Å². The van der Waals surface area contributed by atoms with Crippen molar-refractivity contribution in [1.29, 1.82) is 0 Å². The Morgan fingerprint density at radius 3 is 2.36 bits per heavy atom. The van der Waals surface area contributed by atoms with Crippen LogP contribution in [-0.4, -0.2) is 39.5 Å². The number of carbonyl (C=O) groups excluding carboxylic acids is 3. The molecule has 2 aromatic rings. The van der Waals surface area contributed by atoms with Crippen LogP contribution in [0.3, 0.4) is 0 Å². The highest BCUT2D eigenvalue weighted by atomic mass is 35.5. The second kappa shape index (κ2) is 6.75. The van der Waals surface area contributed by atoms with E-state index < -0.39 is 11.0 Å². The standard InChI is InChI=1S/C16H17ClN2O3/c1-3-18(4-2)14(20)10-19-9-12(15(21)16(17)22)11-7-5-6-8-13(11)19/h5-9H,3-4,10H2,1-2H3. The van der Waals surface area contributed by atoms with Crippen molar-refractivity contribution in [2.45, 2.75) is 20.4 Å². The molecule has 1 heterocycles. The number of amides is 1. The Morgan fingerprint density at radius 2 is 1.77 bits per heavy atom. The summed E-state index contributed by atoms with van der Waals surface area (Å²) < 4.78 is 1.68. The lowest BCUT2D eigenvalue weighted by atomic mass is 10.1. The highest BCUT2D eigenvalue weighted by Gasteiger charge is 2.21. The number of rotatable bonds is 6. The van der Waals surface area contributed by atoms with Gasteiger partial charge in [-0.15, -0.1) is 0 Å². The van der Waals surface area contributed by atoms with Gasteiger partial charge in [0.15, 0.2) is 0 Å². The highest BCUT2D eigenvalue weighted by molar-refractivity contribution is 6.83. The first-order valence-corrected chi connectivity index (χ1v) is 7.47. The van der Waals surface area contributed by atoms with E-state index in [0.717, 1.165) is 5.52 Å². The van der Waals surface area contributed by atoms with E-state index in [2.05, 4.69) is 0 Å². The number of hydrogen-bond acceptors (Lipinski definition) is 3. The van der Waals surface area contributed by atoms with Crippen molar-refractivity contribution in [3.05, 3.63) is 36.0 Å². The fraction of sp³-hybridized carbons (Fsp3) is 0.312. The molecule has 0 N–H and O–H groups in total. The van der Waals surface area contributed by atoms with Crippen molar-refractivity contribution in [1.82, 2.24) is 9.47 Å². The number of carbonyl (C=O) groups is 3. The SMILES string of the molecule is CCN(CC)C(=O)Cn1cc(C(=O)C(=O)Cl)c2ccccc21. The molecule has 0 saturated heterocycles. The Kier molecular flexibility index (Phi) is 4.98. The summed E-state index contributed by atoms with van der Waals surface area (Å²) >= 11 is 5.30. The molecule has 0 spiro atoms. The van der Waals surface area contributed by atoms with Crippen molar-refractivity contribution >= 4 is 39.4 Å². The first-order valence-electron chi connectivity index (χ1n) is 7.09. The number of ketones is 1. The van der Waals surface area contributed by atoms with Crippen LogP contribution in [0.15, 0.2) is 30.5 Å². The quantitative estimate of drug-likeness (QED) is 0.466. The van der Waals surface area contributed by atoms with E-state index in [0.29, 0.717) is 18.5 Å². The molecule has 5 nitrogen and oxygen atoms in total. The molecule has 0 radical (unpaired) electrons. The van der Waals surface area contributed by atoms with Gasteiger partial charge in [-0.3, -0.25) is 14.4 Å². The van der Waals surface area contributed by atoms with Crippen LogP contribution in [0, 0.1) is 0 Å². The Balaban J connectivity index is 2.45. The molecule has 0 unspecified atom stereocenters. The zero-order valence-corrected chi connectivity index (χ0v) is 13.3. The van der Waals surface area contributed by atoms with E-state index in [1.165, 1.54) is 6.20 Å². The van der Waals surface area contributed by atoms with Crippen LogP contribution < -0.4 is 0 Å². The zero-order chi connectivity index (χ0) is 16.3. The molecule has 116 valence electrons. The summed E-state index contributed by atoms with van der Waals surface area (Å²) in [7, 11) is 0. The van der Waals surface area contributed by atoms with Gasteiger partial charge in [-0.05, 0) is 31.5 Å². The first-order chi connectivity index (χ1) is 10.5. The van der Waals surface area contributed by atoms with Crippen LogP contribution >= 0.6 is 11.6 Å². The van der Waals surface area contributed by atoms with Gasteiger partial charge in [0, 0.05) is 30.2 Å². The third kappa shape index (κ3) is 3.04. The van der Waals surface area contributed by atoms with E-state index >= 15 is 0 Å². The van der Waals surface area contributed by atoms with E-state index in [1.807, 2.05) is 19.9 Å². The molecule has 0 saturated carbocycles. The number of fused-ring (bicyclic) bond motifs is 1. The maximum atomic E-state index is 12.3. The lowest BCUT2D eigenvalue weighted by molar-refractivity contribution is -0.131. The minimum atomic E-state index is -1.03. The van der Waals surface area contributed by atoms with Gasteiger partial charge in [-0.2, -0.15) is 0 Å². The summed E-state index contributed by atoms with van der Waals surface area (Å²) in [5, 5.41) is -0.410. The maximum Gasteiger partial charge on any atom is 0.293 e. The highest BCUT2D eigenvalue weighted by Crippen LogP contribution is 2.22. The second-order valence-electron chi connectivity index (χ2n) is 4.86. The van der Waals surface area contributed by atoms with Crippen molar-refractivity contribution in [2.75, 3.05) is 13.1 Å². The Hall–Kier alpha value is -2.14. The van der Waals surface area contributed by atoms with Gasteiger partial charge in [0.1, 0.15) is 6.54 Å². The van der Waals surface area contributed by atoms with Crippen molar-refractivity contribution in [2.24, 2.45) is 0 Å². The monoisotopic (exact) mass is 320 g/mol. The van der Waals surface area contributed by atoms with E-state index in [4.69, 9.17) is 11.6 Å². The molecule has 1 amide bonds. The minimum Gasteiger partial charge on any atom is -0.342 e. The fourth-order valence-corrected chi connectivity index (χ4v) is 2.59. The Labute approximate surface area is 133 Å². The number of halogens is 1. The van der Waals surface area contributed by atoms with Crippen molar-refractivity contribution < 1.29 is 14.4 Å². The van der Waals surface area contributed by atoms with Gasteiger partial charge >= 0.3 is 0 Å². The summed E-state index contributed by atoms with van der Waals surface area (Å²) in [4.78, 5) is 37.0. The summed E-state index contributed by atoms with van der Waals surface area (Å²) in [6.07, 6.45) is 1.52. The Morgan fingerprint density at radius 1 is 1.14 bits per heavy atom. The molecular weight excluding hydrogens is 304 g/mol. The molecule has 0 fully saturated rings. The third-order valence-electron chi connectivity index (χ3n) is 3.63. The van der Waals surface area contributed by atoms with Gasteiger partial charge in [-0.1, -0.05) is 18.2 Å². The summed E-state index contributed by atoms with van der Waals surface area (Å²) in [6.45, 7) is 5.19. The largest absolute Gasteiger partial charge is 0.342 e. The van der Waals surface area contributed by atoms with E-state index in [9.17, 15) is 14.4 Å². The normalized spacial score (nSPS) is 10.7. The van der Waals surface area contributed by atoms with E-state index in [-0.39, 0.29) is 18.0 Å². The van der Waals surface area contributed by atoms with Crippen LogP contribution in [0.1, 0.15) is 24.2 Å². The summed E-state index contributed by atoms with van der Waals surface area (Å²) in [6, 6.07) is 7.13. The minimum absolute atomic E-state index is 0.0399. The number of nitrogens with zero attached hydrogens (tertiary/aromatic N) is 2. The van der Waals surface area contributed by atoms with Crippen molar-refractivity contribution in [3.63, 3.8) is 0 Å². The predicted molar refractivity (Wildman–Crippen MR) is 85.1 cm³/mol. The number of para-hydroxylation sites is 1. The molecule has 2 rings (SSSR count). The van der Waals surface area contributed by atoms with Crippen LogP contribution in [0.2, 0.25) is 0 Å². The zero-order valence-electron chi connectivity index (χ0n) is 12.5. The average Bonchev–Trinajstić information content (AvgIpc) is 2.86. The van der Waals surface area contributed by atoms with Gasteiger partial charge in [-0.25, -0.2) is 0 Å². The molecule has 1 aromatic carbocycles. The lowest BCUT2D eigenvalue weighted by Crippen LogP contribution is -2.33. The number of aromatic nitrogens is 1. The predicted octanol–water partition coefficient (Wildman–Crippen LogP) is 2.46. The molecule has 22 heavy (non-hydrogen) atoms. The van der Waals surface area contributed by atoms with E-state index in [1.54, 1.807) is 27.7 Å². The molecule has 0 bridgehead atoms. The van der Waals surface area contributed by atoms with Crippen LogP contribution in [-0.2, 0) is 16.1 Å². The average molecular weight is 321 g/mol. The lowest BCUT2D eigenvalue weighted by Gasteiger charge is -2.19. The van der Waals surface area contributed by atoms with Crippen LogP contribution in [0.25, 0.3) is 10.9 Å². The number of benzene rings is 1. The third-order valence-corrected chi connectivity index (χ3v) is 3.81. The van der Waals surface area contributed by atoms with Crippen LogP contribution in [0.5, 0.6) is 0 Å². The topological polar surface area (TPSA) is 59.4 Å². The van der Waals surface area contributed by atoms with Crippen molar-refractivity contribution in [3.8, 4) is 0 Å². The molecular formula is C16H17ClN2O3. The van der Waals surface area contributed by atoms with Gasteiger partial charge in [0.2, 0.25) is 11.7 Å². The molecule has 0 aliphatic heterocycles.